The van der Waals surface area contributed by atoms with Crippen molar-refractivity contribution < 1.29 is 13.2 Å². The SMILES string of the molecule is CCS(=O)(=O)c1ccccc1NC1CNC(=O)C1. The lowest BCUT2D eigenvalue weighted by Gasteiger charge is -2.15. The van der Waals surface area contributed by atoms with Crippen LogP contribution in [0.3, 0.4) is 0 Å². The van der Waals surface area contributed by atoms with Crippen LogP contribution in [0.25, 0.3) is 0 Å². The number of benzene rings is 1. The monoisotopic (exact) mass is 268 g/mol. The smallest absolute Gasteiger partial charge is 0.222 e. The minimum Gasteiger partial charge on any atom is -0.379 e. The van der Waals surface area contributed by atoms with Crippen LogP contribution in [0.15, 0.2) is 29.2 Å². The maximum Gasteiger partial charge on any atom is 0.222 e. The first-order valence-corrected chi connectivity index (χ1v) is 7.53. The van der Waals surface area contributed by atoms with E-state index in [9.17, 15) is 13.2 Å². The third kappa shape index (κ3) is 2.64. The van der Waals surface area contributed by atoms with Gasteiger partial charge in [-0.15, -0.1) is 0 Å². The predicted octanol–water partition coefficient (Wildman–Crippen LogP) is 0.781. The summed E-state index contributed by atoms with van der Waals surface area (Å²) in [6.45, 7) is 2.14. The van der Waals surface area contributed by atoms with Crippen LogP contribution in [0.4, 0.5) is 5.69 Å². The van der Waals surface area contributed by atoms with E-state index in [0.717, 1.165) is 0 Å². The molecule has 1 unspecified atom stereocenters. The molecule has 0 bridgehead atoms. The van der Waals surface area contributed by atoms with Gasteiger partial charge in [-0.3, -0.25) is 4.79 Å². The fourth-order valence-corrected chi connectivity index (χ4v) is 3.00. The van der Waals surface area contributed by atoms with Crippen molar-refractivity contribution in [1.82, 2.24) is 5.32 Å². The molecule has 0 spiro atoms. The first-order valence-electron chi connectivity index (χ1n) is 5.88. The van der Waals surface area contributed by atoms with E-state index in [-0.39, 0.29) is 17.7 Å². The molecule has 2 rings (SSSR count). The van der Waals surface area contributed by atoms with E-state index < -0.39 is 9.84 Å². The van der Waals surface area contributed by atoms with Crippen molar-refractivity contribution in [1.29, 1.82) is 0 Å². The molecule has 0 radical (unpaired) electrons. The Bertz CT molecular complexity index is 554. The zero-order chi connectivity index (χ0) is 13.2. The van der Waals surface area contributed by atoms with Gasteiger partial charge in [0, 0.05) is 13.0 Å². The summed E-state index contributed by atoms with van der Waals surface area (Å²) in [6, 6.07) is 6.75. The molecule has 6 heteroatoms. The maximum absolute atomic E-state index is 11.9. The van der Waals surface area contributed by atoms with E-state index >= 15 is 0 Å². The molecular weight excluding hydrogens is 252 g/mol. The topological polar surface area (TPSA) is 75.3 Å². The summed E-state index contributed by atoms with van der Waals surface area (Å²) in [4.78, 5) is 11.4. The standard InChI is InChI=1S/C12H16N2O3S/c1-2-18(16,17)11-6-4-3-5-10(11)14-9-7-12(15)13-8-9/h3-6,9,14H,2,7-8H2,1H3,(H,13,15). The van der Waals surface area contributed by atoms with E-state index in [1.165, 1.54) is 0 Å². The summed E-state index contributed by atoms with van der Waals surface area (Å²) in [5, 5.41) is 5.83. The quantitative estimate of drug-likeness (QED) is 0.846. The van der Waals surface area contributed by atoms with Gasteiger partial charge in [-0.1, -0.05) is 19.1 Å². The van der Waals surface area contributed by atoms with Crippen molar-refractivity contribution in [2.75, 3.05) is 17.6 Å². The molecule has 1 fully saturated rings. The average molecular weight is 268 g/mol. The highest BCUT2D eigenvalue weighted by Crippen LogP contribution is 2.23. The Labute approximate surface area is 107 Å². The molecule has 1 amide bonds. The molecule has 1 aromatic carbocycles. The zero-order valence-electron chi connectivity index (χ0n) is 10.1. The molecule has 1 atom stereocenters. The highest BCUT2D eigenvalue weighted by molar-refractivity contribution is 7.91. The number of anilines is 1. The van der Waals surface area contributed by atoms with Crippen LogP contribution in [0.1, 0.15) is 13.3 Å². The van der Waals surface area contributed by atoms with Gasteiger partial charge < -0.3 is 10.6 Å². The molecule has 0 saturated carbocycles. The molecule has 1 aliphatic heterocycles. The zero-order valence-corrected chi connectivity index (χ0v) is 11.0. The van der Waals surface area contributed by atoms with Gasteiger partial charge in [-0.25, -0.2) is 8.42 Å². The Kier molecular flexibility index (Phi) is 3.56. The van der Waals surface area contributed by atoms with E-state index in [4.69, 9.17) is 0 Å². The van der Waals surface area contributed by atoms with Crippen molar-refractivity contribution in [3.8, 4) is 0 Å². The Morgan fingerprint density at radius 3 is 2.72 bits per heavy atom. The summed E-state index contributed by atoms with van der Waals surface area (Å²) in [5.41, 5.74) is 0.570. The third-order valence-corrected chi connectivity index (χ3v) is 4.73. The molecular formula is C12H16N2O3S. The van der Waals surface area contributed by atoms with Gasteiger partial charge in [0.15, 0.2) is 9.84 Å². The van der Waals surface area contributed by atoms with Gasteiger partial charge in [0.25, 0.3) is 0 Å². The number of carbonyl (C=O) groups excluding carboxylic acids is 1. The summed E-state index contributed by atoms with van der Waals surface area (Å²) in [5.74, 6) is 0.0522. The van der Waals surface area contributed by atoms with E-state index in [1.807, 2.05) is 0 Å². The van der Waals surface area contributed by atoms with Crippen molar-refractivity contribution in [2.45, 2.75) is 24.3 Å². The molecule has 18 heavy (non-hydrogen) atoms. The van der Waals surface area contributed by atoms with Gasteiger partial charge in [0.05, 0.1) is 22.4 Å². The lowest BCUT2D eigenvalue weighted by atomic mass is 10.2. The Balaban J connectivity index is 2.26. The first kappa shape index (κ1) is 12.9. The second kappa shape index (κ2) is 4.97. The Morgan fingerprint density at radius 2 is 2.11 bits per heavy atom. The number of rotatable bonds is 4. The highest BCUT2D eigenvalue weighted by Gasteiger charge is 2.23. The molecule has 0 aliphatic carbocycles. The van der Waals surface area contributed by atoms with E-state index in [1.54, 1.807) is 31.2 Å². The van der Waals surface area contributed by atoms with Gasteiger partial charge in [-0.05, 0) is 12.1 Å². The highest BCUT2D eigenvalue weighted by atomic mass is 32.2. The Hall–Kier alpha value is -1.56. The van der Waals surface area contributed by atoms with Crippen LogP contribution in [0, 0.1) is 0 Å². The number of carbonyl (C=O) groups is 1. The fourth-order valence-electron chi connectivity index (χ4n) is 1.94. The van der Waals surface area contributed by atoms with Crippen LogP contribution < -0.4 is 10.6 Å². The number of amides is 1. The fraction of sp³-hybridized carbons (Fsp3) is 0.417. The second-order valence-corrected chi connectivity index (χ2v) is 6.50. The van der Waals surface area contributed by atoms with Gasteiger partial charge in [-0.2, -0.15) is 0 Å². The summed E-state index contributed by atoms with van der Waals surface area (Å²) >= 11 is 0. The number of hydrogen-bond acceptors (Lipinski definition) is 4. The molecule has 1 saturated heterocycles. The molecule has 1 heterocycles. The number of nitrogens with one attached hydrogen (secondary N) is 2. The number of hydrogen-bond donors (Lipinski definition) is 2. The van der Waals surface area contributed by atoms with Crippen LogP contribution in [0.5, 0.6) is 0 Å². The minimum atomic E-state index is -3.25. The van der Waals surface area contributed by atoms with Crippen LogP contribution >= 0.6 is 0 Å². The second-order valence-electron chi connectivity index (χ2n) is 4.25. The van der Waals surface area contributed by atoms with E-state index in [0.29, 0.717) is 23.5 Å². The molecule has 5 nitrogen and oxygen atoms in total. The minimum absolute atomic E-state index is 0.0108. The number of sulfone groups is 1. The third-order valence-electron chi connectivity index (χ3n) is 2.94. The Morgan fingerprint density at radius 1 is 1.39 bits per heavy atom. The predicted molar refractivity (Wildman–Crippen MR) is 69.2 cm³/mol. The lowest BCUT2D eigenvalue weighted by molar-refractivity contribution is -0.119. The first-order chi connectivity index (χ1) is 8.53. The van der Waals surface area contributed by atoms with Crippen LogP contribution in [-0.2, 0) is 14.6 Å². The largest absolute Gasteiger partial charge is 0.379 e. The van der Waals surface area contributed by atoms with Crippen molar-refractivity contribution in [3.63, 3.8) is 0 Å². The van der Waals surface area contributed by atoms with E-state index in [2.05, 4.69) is 10.6 Å². The van der Waals surface area contributed by atoms with Gasteiger partial charge in [0.2, 0.25) is 5.91 Å². The van der Waals surface area contributed by atoms with Crippen LogP contribution in [0.2, 0.25) is 0 Å². The average Bonchev–Trinajstić information content (AvgIpc) is 2.75. The molecule has 0 aromatic heterocycles. The van der Waals surface area contributed by atoms with Gasteiger partial charge >= 0.3 is 0 Å². The molecule has 2 N–H and O–H groups in total. The molecule has 98 valence electrons. The van der Waals surface area contributed by atoms with Gasteiger partial charge in [0.1, 0.15) is 0 Å². The maximum atomic E-state index is 11.9. The normalized spacial score (nSPS) is 19.6. The van der Waals surface area contributed by atoms with Crippen molar-refractivity contribution in [3.05, 3.63) is 24.3 Å². The van der Waals surface area contributed by atoms with Crippen molar-refractivity contribution >= 4 is 21.4 Å². The van der Waals surface area contributed by atoms with Crippen molar-refractivity contribution in [2.24, 2.45) is 0 Å². The molecule has 1 aliphatic rings. The number of para-hydroxylation sites is 1. The summed E-state index contributed by atoms with van der Waals surface area (Å²) in [6.07, 6.45) is 0.376. The summed E-state index contributed by atoms with van der Waals surface area (Å²) < 4.78 is 23.9. The van der Waals surface area contributed by atoms with Crippen LogP contribution in [-0.4, -0.2) is 32.7 Å². The lowest BCUT2D eigenvalue weighted by Crippen LogP contribution is -2.23. The summed E-state index contributed by atoms with van der Waals surface area (Å²) in [7, 11) is -3.25. The molecule has 1 aromatic rings.